The van der Waals surface area contributed by atoms with Gasteiger partial charge in [-0.05, 0) is 42.0 Å². The number of halogens is 1. The van der Waals surface area contributed by atoms with Crippen molar-refractivity contribution in [2.24, 2.45) is 10.9 Å². The van der Waals surface area contributed by atoms with Gasteiger partial charge in [-0.2, -0.15) is 5.10 Å². The van der Waals surface area contributed by atoms with Gasteiger partial charge in [-0.1, -0.05) is 17.3 Å². The lowest BCUT2D eigenvalue weighted by Crippen LogP contribution is -2.15. The summed E-state index contributed by atoms with van der Waals surface area (Å²) >= 11 is 0. The number of carbonyl (C=O) groups is 1. The standard InChI is InChI=1S/C18H14FN5O4/c19-15-7-5-13(6-8-15)17(20)22-28-18(25)14-3-1-12(2-4-14)10-23-11-16(9-21-23)24(26)27/h1-9,11H,10H2,(H2,20,22). The molecule has 9 nitrogen and oxygen atoms in total. The van der Waals surface area contributed by atoms with Crippen molar-refractivity contribution in [1.29, 1.82) is 0 Å². The molecule has 28 heavy (non-hydrogen) atoms. The molecule has 0 unspecified atom stereocenters. The largest absolute Gasteiger partial charge is 0.380 e. The lowest BCUT2D eigenvalue weighted by Gasteiger charge is -2.04. The van der Waals surface area contributed by atoms with Crippen molar-refractivity contribution >= 4 is 17.5 Å². The van der Waals surface area contributed by atoms with Crippen molar-refractivity contribution in [3.8, 4) is 0 Å². The van der Waals surface area contributed by atoms with Gasteiger partial charge in [-0.3, -0.25) is 14.8 Å². The number of hydrogen-bond acceptors (Lipinski definition) is 6. The fraction of sp³-hybridized carbons (Fsp3) is 0.0556. The molecule has 3 aromatic rings. The molecule has 0 aliphatic heterocycles. The van der Waals surface area contributed by atoms with Crippen molar-refractivity contribution in [3.05, 3.63) is 93.5 Å². The Bertz CT molecular complexity index is 1030. The van der Waals surface area contributed by atoms with E-state index >= 15 is 0 Å². The summed E-state index contributed by atoms with van der Waals surface area (Å²) in [6.45, 7) is 0.304. The molecular weight excluding hydrogens is 369 g/mol. The molecule has 10 heteroatoms. The van der Waals surface area contributed by atoms with Crippen LogP contribution in [0.3, 0.4) is 0 Å². The second kappa shape index (κ2) is 8.08. The molecule has 3 rings (SSSR count). The van der Waals surface area contributed by atoms with Crippen molar-refractivity contribution < 1.29 is 18.9 Å². The number of benzene rings is 2. The Hall–Kier alpha value is -4.08. The number of nitrogens with two attached hydrogens (primary N) is 1. The van der Waals surface area contributed by atoms with Crippen LogP contribution in [0, 0.1) is 15.9 Å². The van der Waals surface area contributed by atoms with E-state index in [4.69, 9.17) is 10.6 Å². The van der Waals surface area contributed by atoms with E-state index < -0.39 is 16.7 Å². The average Bonchev–Trinajstić information content (AvgIpc) is 3.16. The number of nitrogens with zero attached hydrogens (tertiary/aromatic N) is 4. The second-order valence-electron chi connectivity index (χ2n) is 5.71. The van der Waals surface area contributed by atoms with E-state index in [0.717, 1.165) is 11.8 Å². The maximum absolute atomic E-state index is 12.9. The number of oxime groups is 1. The second-order valence-corrected chi connectivity index (χ2v) is 5.71. The number of carbonyl (C=O) groups excluding carboxylic acids is 1. The minimum absolute atomic E-state index is 0.0646. The molecule has 0 saturated heterocycles. The van der Waals surface area contributed by atoms with Gasteiger partial charge in [0.2, 0.25) is 0 Å². The summed E-state index contributed by atoms with van der Waals surface area (Å²) in [5.74, 6) is -1.20. The summed E-state index contributed by atoms with van der Waals surface area (Å²) in [5, 5.41) is 18.1. The molecular formula is C18H14FN5O4. The highest BCUT2D eigenvalue weighted by molar-refractivity contribution is 5.98. The molecule has 1 aromatic heterocycles. The fourth-order valence-electron chi connectivity index (χ4n) is 2.28. The first-order valence-corrected chi connectivity index (χ1v) is 7.99. The summed E-state index contributed by atoms with van der Waals surface area (Å²) in [6.07, 6.45) is 2.48. The third-order valence-electron chi connectivity index (χ3n) is 3.73. The van der Waals surface area contributed by atoms with Crippen LogP contribution < -0.4 is 5.73 Å². The van der Waals surface area contributed by atoms with Gasteiger partial charge in [-0.15, -0.1) is 0 Å². The summed E-state index contributed by atoms with van der Waals surface area (Å²) in [5.41, 5.74) is 7.03. The maximum Gasteiger partial charge on any atom is 0.365 e. The Morgan fingerprint density at radius 1 is 1.18 bits per heavy atom. The first kappa shape index (κ1) is 18.7. The lowest BCUT2D eigenvalue weighted by atomic mass is 10.1. The van der Waals surface area contributed by atoms with Crippen molar-refractivity contribution in [2.45, 2.75) is 6.54 Å². The highest BCUT2D eigenvalue weighted by atomic mass is 19.1. The molecule has 2 N–H and O–H groups in total. The predicted molar refractivity (Wildman–Crippen MR) is 97.0 cm³/mol. The molecule has 1 heterocycles. The van der Waals surface area contributed by atoms with Gasteiger partial charge >= 0.3 is 11.7 Å². The van der Waals surface area contributed by atoms with Crippen LogP contribution in [0.25, 0.3) is 0 Å². The molecule has 2 aromatic carbocycles. The lowest BCUT2D eigenvalue weighted by molar-refractivity contribution is -0.385. The Balaban J connectivity index is 1.62. The zero-order chi connectivity index (χ0) is 20.1. The minimum Gasteiger partial charge on any atom is -0.380 e. The molecule has 0 aliphatic carbocycles. The Morgan fingerprint density at radius 2 is 1.82 bits per heavy atom. The molecule has 0 fully saturated rings. The average molecular weight is 383 g/mol. The first-order chi connectivity index (χ1) is 13.4. The zero-order valence-corrected chi connectivity index (χ0v) is 14.4. The van der Waals surface area contributed by atoms with E-state index in [0.29, 0.717) is 12.1 Å². The van der Waals surface area contributed by atoms with Gasteiger partial charge in [0.25, 0.3) is 0 Å². The highest BCUT2D eigenvalue weighted by Crippen LogP contribution is 2.12. The van der Waals surface area contributed by atoms with E-state index in [9.17, 15) is 19.3 Å². The molecule has 0 radical (unpaired) electrons. The van der Waals surface area contributed by atoms with Gasteiger partial charge in [0, 0.05) is 5.56 Å². The van der Waals surface area contributed by atoms with Crippen LogP contribution in [-0.2, 0) is 11.4 Å². The SMILES string of the molecule is N/C(=N\OC(=O)c1ccc(Cn2cc([N+](=O)[O-])cn2)cc1)c1ccc(F)cc1. The Labute approximate surface area is 158 Å². The normalized spacial score (nSPS) is 11.2. The van der Waals surface area contributed by atoms with E-state index in [-0.39, 0.29) is 17.1 Å². The summed E-state index contributed by atoms with van der Waals surface area (Å²) < 4.78 is 14.3. The highest BCUT2D eigenvalue weighted by Gasteiger charge is 2.11. The van der Waals surface area contributed by atoms with E-state index in [1.54, 1.807) is 12.1 Å². The quantitative estimate of drug-likeness (QED) is 0.229. The van der Waals surface area contributed by atoms with E-state index in [1.807, 2.05) is 0 Å². The van der Waals surface area contributed by atoms with Crippen LogP contribution in [0.2, 0.25) is 0 Å². The van der Waals surface area contributed by atoms with E-state index in [1.165, 1.54) is 47.3 Å². The van der Waals surface area contributed by atoms with Gasteiger partial charge in [0.05, 0.1) is 17.0 Å². The summed E-state index contributed by atoms with van der Waals surface area (Å²) in [4.78, 5) is 27.0. The van der Waals surface area contributed by atoms with Crippen LogP contribution in [0.15, 0.2) is 66.1 Å². The number of rotatable bonds is 6. The molecule has 0 atom stereocenters. The molecule has 0 bridgehead atoms. The fourth-order valence-corrected chi connectivity index (χ4v) is 2.28. The first-order valence-electron chi connectivity index (χ1n) is 7.99. The number of nitro groups is 1. The van der Waals surface area contributed by atoms with Gasteiger partial charge in [0.15, 0.2) is 5.84 Å². The monoisotopic (exact) mass is 383 g/mol. The smallest absolute Gasteiger partial charge is 0.365 e. The summed E-state index contributed by atoms with van der Waals surface area (Å²) in [6, 6.07) is 11.6. The maximum atomic E-state index is 12.9. The van der Waals surface area contributed by atoms with Crippen molar-refractivity contribution in [1.82, 2.24) is 9.78 Å². The van der Waals surface area contributed by atoms with E-state index in [2.05, 4.69) is 10.3 Å². The Morgan fingerprint density at radius 3 is 2.43 bits per heavy atom. The third kappa shape index (κ3) is 4.55. The molecule has 0 saturated carbocycles. The van der Waals surface area contributed by atoms with Gasteiger partial charge in [0.1, 0.15) is 18.2 Å². The third-order valence-corrected chi connectivity index (χ3v) is 3.73. The molecule has 0 spiro atoms. The summed E-state index contributed by atoms with van der Waals surface area (Å²) in [7, 11) is 0. The number of amidine groups is 1. The van der Waals surface area contributed by atoms with Crippen molar-refractivity contribution in [3.63, 3.8) is 0 Å². The number of hydrogen-bond donors (Lipinski definition) is 1. The minimum atomic E-state index is -0.716. The van der Waals surface area contributed by atoms with Crippen molar-refractivity contribution in [2.75, 3.05) is 0 Å². The predicted octanol–water partition coefficient (Wildman–Crippen LogP) is 2.46. The number of aromatic nitrogens is 2. The molecule has 0 aliphatic rings. The van der Waals surface area contributed by atoms with Crippen LogP contribution in [0.1, 0.15) is 21.5 Å². The van der Waals surface area contributed by atoms with Crippen LogP contribution in [-0.4, -0.2) is 26.5 Å². The zero-order valence-electron chi connectivity index (χ0n) is 14.4. The van der Waals surface area contributed by atoms with Gasteiger partial charge in [-0.25, -0.2) is 9.18 Å². The van der Waals surface area contributed by atoms with Crippen LogP contribution in [0.5, 0.6) is 0 Å². The topological polar surface area (TPSA) is 126 Å². The molecule has 0 amide bonds. The Kier molecular flexibility index (Phi) is 5.40. The van der Waals surface area contributed by atoms with Crippen LogP contribution >= 0.6 is 0 Å². The molecule has 142 valence electrons. The van der Waals surface area contributed by atoms with Gasteiger partial charge < -0.3 is 10.6 Å². The van der Waals surface area contributed by atoms with Crippen LogP contribution in [0.4, 0.5) is 10.1 Å².